The summed E-state index contributed by atoms with van der Waals surface area (Å²) in [5, 5.41) is 4.41. The minimum atomic E-state index is -0.0848. The number of benzene rings is 3. The molecule has 4 rings (SSSR count). The molecule has 0 spiro atoms. The summed E-state index contributed by atoms with van der Waals surface area (Å²) in [6.07, 6.45) is 0.578. The summed E-state index contributed by atoms with van der Waals surface area (Å²) in [7, 11) is 0. The summed E-state index contributed by atoms with van der Waals surface area (Å²) in [6.45, 7) is 6.23. The first-order valence-electron chi connectivity index (χ1n) is 10.4. The third kappa shape index (κ3) is 5.47. The zero-order valence-electron chi connectivity index (χ0n) is 18.3. The van der Waals surface area contributed by atoms with Gasteiger partial charge in [0.1, 0.15) is 0 Å². The van der Waals surface area contributed by atoms with E-state index in [1.54, 1.807) is 24.3 Å². The standard InChI is InChI=1S/C26H24ClN3OS/c1-16-4-6-19(7-5-16)22-14-26(30-24-13-18(3)17(2)12-23(24)29-22)32-15-25(31)28-21-10-8-20(27)9-11-21/h4-13H,14-15H2,1-3H3,(H,28,31). The zero-order chi connectivity index (χ0) is 22.7. The molecule has 0 atom stereocenters. The zero-order valence-corrected chi connectivity index (χ0v) is 19.8. The third-order valence-electron chi connectivity index (χ3n) is 5.29. The molecular weight excluding hydrogens is 438 g/mol. The lowest BCUT2D eigenvalue weighted by Gasteiger charge is -2.09. The van der Waals surface area contributed by atoms with E-state index in [2.05, 4.69) is 62.5 Å². The van der Waals surface area contributed by atoms with Crippen molar-refractivity contribution in [3.05, 3.63) is 87.9 Å². The first-order chi connectivity index (χ1) is 15.4. The number of nitrogens with zero attached hydrogens (tertiary/aromatic N) is 2. The molecule has 0 unspecified atom stereocenters. The molecule has 0 fully saturated rings. The molecule has 0 radical (unpaired) electrons. The van der Waals surface area contributed by atoms with Crippen molar-refractivity contribution in [2.24, 2.45) is 9.98 Å². The van der Waals surface area contributed by atoms with E-state index >= 15 is 0 Å². The van der Waals surface area contributed by atoms with Gasteiger partial charge < -0.3 is 5.32 Å². The Morgan fingerprint density at radius 2 is 1.56 bits per heavy atom. The average Bonchev–Trinajstić information content (AvgIpc) is 2.94. The minimum Gasteiger partial charge on any atom is -0.325 e. The number of fused-ring (bicyclic) bond motifs is 1. The molecular formula is C26H24ClN3OS. The van der Waals surface area contributed by atoms with Gasteiger partial charge in [-0.05, 0) is 73.9 Å². The van der Waals surface area contributed by atoms with Crippen LogP contribution in [0.4, 0.5) is 17.1 Å². The number of aliphatic imine (C=N–C) groups is 2. The van der Waals surface area contributed by atoms with Crippen molar-refractivity contribution < 1.29 is 4.79 Å². The van der Waals surface area contributed by atoms with Gasteiger partial charge in [-0.3, -0.25) is 9.79 Å². The SMILES string of the molecule is Cc1ccc(C2=Nc3cc(C)c(C)cc3N=C(SCC(=O)Nc3ccc(Cl)cc3)C2)cc1. The Morgan fingerprint density at radius 3 is 2.22 bits per heavy atom. The van der Waals surface area contributed by atoms with E-state index in [1.165, 1.54) is 28.5 Å². The second kappa shape index (κ2) is 9.72. The molecule has 1 aliphatic rings. The molecule has 3 aromatic carbocycles. The number of carbonyl (C=O) groups excluding carboxylic acids is 1. The van der Waals surface area contributed by atoms with Gasteiger partial charge in [0.15, 0.2) is 0 Å². The highest BCUT2D eigenvalue weighted by Gasteiger charge is 2.17. The highest BCUT2D eigenvalue weighted by atomic mass is 35.5. The number of hydrogen-bond donors (Lipinski definition) is 1. The predicted octanol–water partition coefficient (Wildman–Crippen LogP) is 7.19. The summed E-state index contributed by atoms with van der Waals surface area (Å²) >= 11 is 7.36. The molecule has 0 bridgehead atoms. The number of halogens is 1. The smallest absolute Gasteiger partial charge is 0.234 e. The van der Waals surface area contributed by atoms with E-state index in [-0.39, 0.29) is 11.7 Å². The van der Waals surface area contributed by atoms with Crippen molar-refractivity contribution in [3.63, 3.8) is 0 Å². The summed E-state index contributed by atoms with van der Waals surface area (Å²) in [5.41, 5.74) is 8.02. The maximum atomic E-state index is 12.5. The Morgan fingerprint density at radius 1 is 0.938 bits per heavy atom. The van der Waals surface area contributed by atoms with Crippen molar-refractivity contribution in [3.8, 4) is 0 Å². The highest BCUT2D eigenvalue weighted by Crippen LogP contribution is 2.36. The van der Waals surface area contributed by atoms with Gasteiger partial charge in [-0.1, -0.05) is 41.4 Å². The van der Waals surface area contributed by atoms with E-state index in [0.717, 1.165) is 33.4 Å². The Kier molecular flexibility index (Phi) is 6.77. The van der Waals surface area contributed by atoms with E-state index in [4.69, 9.17) is 21.6 Å². The first kappa shape index (κ1) is 22.3. The van der Waals surface area contributed by atoms with Crippen LogP contribution in [-0.2, 0) is 4.79 Å². The molecule has 0 aliphatic carbocycles. The molecule has 1 amide bonds. The highest BCUT2D eigenvalue weighted by molar-refractivity contribution is 8.14. The van der Waals surface area contributed by atoms with Crippen LogP contribution in [0.15, 0.2) is 70.6 Å². The number of aryl methyl sites for hydroxylation is 3. The number of nitrogens with one attached hydrogen (secondary N) is 1. The van der Waals surface area contributed by atoms with Crippen molar-refractivity contribution in [1.29, 1.82) is 0 Å². The van der Waals surface area contributed by atoms with Crippen LogP contribution >= 0.6 is 23.4 Å². The fourth-order valence-corrected chi connectivity index (χ4v) is 4.24. The molecule has 4 nitrogen and oxygen atoms in total. The van der Waals surface area contributed by atoms with E-state index in [9.17, 15) is 4.79 Å². The van der Waals surface area contributed by atoms with Gasteiger partial charge in [-0.25, -0.2) is 4.99 Å². The van der Waals surface area contributed by atoms with Gasteiger partial charge in [0.05, 0.1) is 27.9 Å². The van der Waals surface area contributed by atoms with Crippen LogP contribution in [-0.4, -0.2) is 22.4 Å². The van der Waals surface area contributed by atoms with Gasteiger partial charge in [0.25, 0.3) is 0 Å². The van der Waals surface area contributed by atoms with Crippen molar-refractivity contribution in [1.82, 2.24) is 0 Å². The quantitative estimate of drug-likeness (QED) is 0.446. The van der Waals surface area contributed by atoms with Crippen LogP contribution in [0.3, 0.4) is 0 Å². The van der Waals surface area contributed by atoms with Crippen LogP contribution in [0, 0.1) is 20.8 Å². The monoisotopic (exact) mass is 461 g/mol. The second-order valence-corrected chi connectivity index (χ2v) is 9.36. The number of anilines is 1. The fourth-order valence-electron chi connectivity index (χ4n) is 3.34. The molecule has 0 aromatic heterocycles. The number of rotatable bonds is 4. The molecule has 0 saturated carbocycles. The van der Waals surface area contributed by atoms with Gasteiger partial charge in [-0.15, -0.1) is 11.8 Å². The molecule has 1 heterocycles. The second-order valence-electron chi connectivity index (χ2n) is 7.88. The normalized spacial score (nSPS) is 13.0. The summed E-state index contributed by atoms with van der Waals surface area (Å²) in [6, 6.07) is 19.6. The Balaban J connectivity index is 1.57. The molecule has 6 heteroatoms. The van der Waals surface area contributed by atoms with E-state index in [0.29, 0.717) is 11.4 Å². The minimum absolute atomic E-state index is 0.0848. The lowest BCUT2D eigenvalue weighted by Crippen LogP contribution is -2.16. The molecule has 32 heavy (non-hydrogen) atoms. The molecule has 1 aliphatic heterocycles. The summed E-state index contributed by atoms with van der Waals surface area (Å²) in [4.78, 5) is 22.4. The van der Waals surface area contributed by atoms with Crippen LogP contribution in [0.25, 0.3) is 0 Å². The molecule has 3 aromatic rings. The first-order valence-corrected chi connectivity index (χ1v) is 11.8. The maximum absolute atomic E-state index is 12.5. The Hall–Kier alpha value is -2.89. The van der Waals surface area contributed by atoms with E-state index in [1.807, 2.05) is 0 Å². The average molecular weight is 462 g/mol. The van der Waals surface area contributed by atoms with Crippen molar-refractivity contribution in [2.45, 2.75) is 27.2 Å². The lowest BCUT2D eigenvalue weighted by atomic mass is 10.1. The number of hydrogen-bond acceptors (Lipinski definition) is 4. The van der Waals surface area contributed by atoms with Gasteiger partial charge in [0.2, 0.25) is 5.91 Å². The third-order valence-corrected chi connectivity index (χ3v) is 6.52. The Labute approximate surface area is 197 Å². The van der Waals surface area contributed by atoms with Crippen LogP contribution in [0.5, 0.6) is 0 Å². The van der Waals surface area contributed by atoms with Gasteiger partial charge >= 0.3 is 0 Å². The maximum Gasteiger partial charge on any atom is 0.234 e. The lowest BCUT2D eigenvalue weighted by molar-refractivity contribution is -0.113. The number of thioether (sulfide) groups is 1. The van der Waals surface area contributed by atoms with Crippen molar-refractivity contribution >= 4 is 57.1 Å². The van der Waals surface area contributed by atoms with Crippen LogP contribution in [0.2, 0.25) is 5.02 Å². The number of carbonyl (C=O) groups is 1. The topological polar surface area (TPSA) is 53.8 Å². The summed E-state index contributed by atoms with van der Waals surface area (Å²) < 4.78 is 0. The van der Waals surface area contributed by atoms with E-state index < -0.39 is 0 Å². The van der Waals surface area contributed by atoms with Gasteiger partial charge in [0, 0.05) is 17.1 Å². The Bertz CT molecular complexity index is 1220. The number of amides is 1. The fraction of sp³-hybridized carbons (Fsp3) is 0.192. The largest absolute Gasteiger partial charge is 0.325 e. The van der Waals surface area contributed by atoms with Crippen LogP contribution < -0.4 is 5.32 Å². The van der Waals surface area contributed by atoms with Crippen LogP contribution in [0.1, 0.15) is 28.7 Å². The molecule has 0 saturated heterocycles. The molecule has 162 valence electrons. The predicted molar refractivity (Wildman–Crippen MR) is 138 cm³/mol. The van der Waals surface area contributed by atoms with Crippen molar-refractivity contribution in [2.75, 3.05) is 11.1 Å². The molecule has 1 N–H and O–H groups in total. The summed E-state index contributed by atoms with van der Waals surface area (Å²) in [5.74, 6) is 0.182. The van der Waals surface area contributed by atoms with Gasteiger partial charge in [-0.2, -0.15) is 0 Å².